The Morgan fingerprint density at radius 1 is 0.970 bits per heavy atom. The molecule has 4 nitrogen and oxygen atoms in total. The predicted octanol–water partition coefficient (Wildman–Crippen LogP) is 6.67. The minimum Gasteiger partial charge on any atom is -0.378 e. The van der Waals surface area contributed by atoms with Crippen LogP contribution in [0.1, 0.15) is 24.6 Å². The van der Waals surface area contributed by atoms with Crippen LogP contribution in [0.5, 0.6) is 0 Å². The smallest absolute Gasteiger partial charge is 0.118 e. The molecular formula is C28H28N4S. The molecule has 1 aliphatic rings. The maximum absolute atomic E-state index is 5.31. The summed E-state index contributed by atoms with van der Waals surface area (Å²) >= 11 is 1.80. The number of fused-ring (bicyclic) bond motifs is 2. The maximum atomic E-state index is 5.31. The van der Waals surface area contributed by atoms with Gasteiger partial charge in [0.25, 0.3) is 0 Å². The molecule has 0 spiro atoms. The number of benzene rings is 2. The lowest BCUT2D eigenvalue weighted by atomic mass is 9.96. The Labute approximate surface area is 198 Å². The molecule has 6 rings (SSSR count). The van der Waals surface area contributed by atoms with Crippen LogP contribution in [0.15, 0.2) is 78.3 Å². The zero-order chi connectivity index (χ0) is 22.4. The molecular weight excluding hydrogens is 424 g/mol. The Bertz CT molecular complexity index is 1410. The molecule has 4 heterocycles. The van der Waals surface area contributed by atoms with Gasteiger partial charge in [-0.25, -0.2) is 4.98 Å². The normalized spacial score (nSPS) is 16.5. The van der Waals surface area contributed by atoms with E-state index in [1.54, 1.807) is 11.3 Å². The van der Waals surface area contributed by atoms with E-state index in [-0.39, 0.29) is 0 Å². The average Bonchev–Trinajstić information content (AvgIpc) is 3.46. The van der Waals surface area contributed by atoms with Gasteiger partial charge in [0.05, 0.1) is 11.2 Å². The van der Waals surface area contributed by atoms with Gasteiger partial charge >= 0.3 is 0 Å². The number of nitrogens with zero attached hydrogens (tertiary/aromatic N) is 4. The molecule has 0 radical (unpaired) electrons. The molecule has 1 atom stereocenters. The van der Waals surface area contributed by atoms with E-state index < -0.39 is 0 Å². The Morgan fingerprint density at radius 3 is 2.64 bits per heavy atom. The molecule has 3 aromatic heterocycles. The third-order valence-electron chi connectivity index (χ3n) is 6.83. The number of rotatable bonds is 4. The predicted molar refractivity (Wildman–Crippen MR) is 141 cm³/mol. The fourth-order valence-corrected chi connectivity index (χ4v) is 6.04. The quantitative estimate of drug-likeness (QED) is 0.304. The lowest BCUT2D eigenvalue weighted by Gasteiger charge is -2.34. The molecule has 33 heavy (non-hydrogen) atoms. The van der Waals surface area contributed by atoms with E-state index in [4.69, 9.17) is 4.98 Å². The second-order valence-corrected chi connectivity index (χ2v) is 10.0. The highest BCUT2D eigenvalue weighted by Crippen LogP contribution is 2.38. The second-order valence-electron chi connectivity index (χ2n) is 9.12. The Morgan fingerprint density at radius 2 is 1.79 bits per heavy atom. The van der Waals surface area contributed by atoms with Crippen molar-refractivity contribution in [2.75, 3.05) is 37.0 Å². The standard InChI is InChI=1S/C28H28N4S/c1-30(2)21-12-14-22(15-13-21)31-16-7-8-20(18-31)28-29-27(25-10-5-6-17-32(25)28)24-19-33-26-11-4-3-9-23(24)26/h3-6,9-15,17,19-20H,7-8,16,18H2,1-2H3. The van der Waals surface area contributed by atoms with Gasteiger partial charge in [-0.3, -0.25) is 0 Å². The monoisotopic (exact) mass is 452 g/mol. The summed E-state index contributed by atoms with van der Waals surface area (Å²) in [6.45, 7) is 2.10. The molecule has 2 aromatic carbocycles. The first-order valence-electron chi connectivity index (χ1n) is 11.6. The van der Waals surface area contributed by atoms with E-state index in [0.29, 0.717) is 5.92 Å². The van der Waals surface area contributed by atoms with Crippen LogP contribution in [0.4, 0.5) is 11.4 Å². The minimum atomic E-state index is 0.404. The molecule has 5 aromatic rings. The van der Waals surface area contributed by atoms with Crippen LogP contribution in [-0.4, -0.2) is 36.6 Å². The summed E-state index contributed by atoms with van der Waals surface area (Å²) in [4.78, 5) is 9.98. The second kappa shape index (κ2) is 8.23. The van der Waals surface area contributed by atoms with Crippen LogP contribution in [0.25, 0.3) is 26.9 Å². The fraction of sp³-hybridized carbons (Fsp3) is 0.250. The van der Waals surface area contributed by atoms with Crippen molar-refractivity contribution >= 4 is 38.3 Å². The van der Waals surface area contributed by atoms with E-state index in [1.807, 2.05) is 0 Å². The molecule has 166 valence electrons. The molecule has 1 aliphatic heterocycles. The van der Waals surface area contributed by atoms with Gasteiger partial charge in [-0.2, -0.15) is 0 Å². The molecule has 0 bridgehead atoms. The van der Waals surface area contributed by atoms with E-state index in [2.05, 4.69) is 107 Å². The third kappa shape index (κ3) is 3.57. The van der Waals surface area contributed by atoms with Gasteiger partial charge in [0.1, 0.15) is 5.82 Å². The first kappa shape index (κ1) is 20.3. The number of aromatic nitrogens is 2. The lowest BCUT2D eigenvalue weighted by molar-refractivity contribution is 0.490. The summed E-state index contributed by atoms with van der Waals surface area (Å²) in [5, 5.41) is 3.56. The van der Waals surface area contributed by atoms with Crippen molar-refractivity contribution in [3.05, 3.63) is 84.1 Å². The minimum absolute atomic E-state index is 0.404. The summed E-state index contributed by atoms with van der Waals surface area (Å²) in [6.07, 6.45) is 4.53. The number of imidazole rings is 1. The zero-order valence-electron chi connectivity index (χ0n) is 19.1. The van der Waals surface area contributed by atoms with Gasteiger partial charge in [0.15, 0.2) is 0 Å². The molecule has 1 fully saturated rings. The molecule has 0 N–H and O–H groups in total. The highest BCUT2D eigenvalue weighted by Gasteiger charge is 2.27. The van der Waals surface area contributed by atoms with E-state index in [0.717, 1.165) is 18.8 Å². The van der Waals surface area contributed by atoms with Crippen molar-refractivity contribution in [1.29, 1.82) is 0 Å². The fourth-order valence-electron chi connectivity index (χ4n) is 5.09. The van der Waals surface area contributed by atoms with Crippen molar-refractivity contribution in [2.45, 2.75) is 18.8 Å². The van der Waals surface area contributed by atoms with Gasteiger partial charge in [-0.05, 0) is 55.3 Å². The summed E-state index contributed by atoms with van der Waals surface area (Å²) in [5.41, 5.74) is 6.09. The van der Waals surface area contributed by atoms with Crippen LogP contribution >= 0.6 is 11.3 Å². The summed E-state index contributed by atoms with van der Waals surface area (Å²) in [6, 6.07) is 24.0. The van der Waals surface area contributed by atoms with E-state index >= 15 is 0 Å². The van der Waals surface area contributed by atoms with Gasteiger partial charge in [0, 0.05) is 71.7 Å². The number of pyridine rings is 1. The van der Waals surface area contributed by atoms with Crippen LogP contribution in [-0.2, 0) is 0 Å². The molecule has 0 amide bonds. The molecule has 0 saturated carbocycles. The molecule has 1 saturated heterocycles. The van der Waals surface area contributed by atoms with Crippen molar-refractivity contribution in [2.24, 2.45) is 0 Å². The van der Waals surface area contributed by atoms with Gasteiger partial charge in [-0.1, -0.05) is 24.3 Å². The summed E-state index contributed by atoms with van der Waals surface area (Å²) in [5.74, 6) is 1.59. The number of piperidine rings is 1. The first-order valence-corrected chi connectivity index (χ1v) is 12.5. The first-order chi connectivity index (χ1) is 16.2. The van der Waals surface area contributed by atoms with Crippen LogP contribution < -0.4 is 9.80 Å². The van der Waals surface area contributed by atoms with Crippen molar-refractivity contribution < 1.29 is 0 Å². The highest BCUT2D eigenvalue weighted by molar-refractivity contribution is 7.17. The zero-order valence-corrected chi connectivity index (χ0v) is 19.9. The number of anilines is 2. The van der Waals surface area contributed by atoms with Crippen LogP contribution in [0.2, 0.25) is 0 Å². The summed E-state index contributed by atoms with van der Waals surface area (Å²) < 4.78 is 3.64. The van der Waals surface area contributed by atoms with E-state index in [1.165, 1.54) is 51.2 Å². The third-order valence-corrected chi connectivity index (χ3v) is 7.79. The topological polar surface area (TPSA) is 23.8 Å². The Balaban J connectivity index is 1.38. The number of hydrogen-bond acceptors (Lipinski definition) is 4. The molecule has 1 unspecified atom stereocenters. The van der Waals surface area contributed by atoms with E-state index in [9.17, 15) is 0 Å². The molecule has 5 heteroatoms. The largest absolute Gasteiger partial charge is 0.378 e. The van der Waals surface area contributed by atoms with Crippen molar-refractivity contribution in [3.8, 4) is 11.3 Å². The SMILES string of the molecule is CN(C)c1ccc(N2CCCC(c3nc(-c4csc5ccccc45)c4ccccn34)C2)cc1. The highest BCUT2D eigenvalue weighted by atomic mass is 32.1. The van der Waals surface area contributed by atoms with Gasteiger partial charge < -0.3 is 14.2 Å². The Kier molecular flexibility index (Phi) is 5.07. The number of hydrogen-bond donors (Lipinski definition) is 0. The maximum Gasteiger partial charge on any atom is 0.118 e. The van der Waals surface area contributed by atoms with Crippen LogP contribution in [0, 0.1) is 0 Å². The van der Waals surface area contributed by atoms with Crippen molar-refractivity contribution in [3.63, 3.8) is 0 Å². The van der Waals surface area contributed by atoms with Gasteiger partial charge in [-0.15, -0.1) is 11.3 Å². The number of thiophene rings is 1. The van der Waals surface area contributed by atoms with Crippen molar-refractivity contribution in [1.82, 2.24) is 9.38 Å². The van der Waals surface area contributed by atoms with Gasteiger partial charge in [0.2, 0.25) is 0 Å². The average molecular weight is 453 g/mol. The van der Waals surface area contributed by atoms with Crippen LogP contribution in [0.3, 0.4) is 0 Å². The summed E-state index contributed by atoms with van der Waals surface area (Å²) in [7, 11) is 4.17. The lowest BCUT2D eigenvalue weighted by Crippen LogP contribution is -2.35. The molecule has 0 aliphatic carbocycles. The Hall–Kier alpha value is -3.31.